The van der Waals surface area contributed by atoms with Gasteiger partial charge in [-0.2, -0.15) is 0 Å². The zero-order valence-corrected chi connectivity index (χ0v) is 14.7. The molecule has 0 saturated carbocycles. The monoisotopic (exact) mass is 365 g/mol. The van der Waals surface area contributed by atoms with Crippen molar-refractivity contribution in [1.29, 1.82) is 0 Å². The molecule has 3 heterocycles. The Balaban J connectivity index is 1.93. The molecule has 0 aliphatic heterocycles. The molecular weight excluding hydrogens is 354 g/mol. The summed E-state index contributed by atoms with van der Waals surface area (Å²) in [7, 11) is -1.11. The van der Waals surface area contributed by atoms with Crippen molar-refractivity contribution < 1.29 is 8.63 Å². The van der Waals surface area contributed by atoms with E-state index in [1.54, 1.807) is 37.7 Å². The lowest BCUT2D eigenvalue weighted by Gasteiger charge is -2.02. The van der Waals surface area contributed by atoms with Gasteiger partial charge < -0.3 is 4.42 Å². The molecule has 1 atom stereocenters. The molecule has 118 valence electrons. The second-order valence-corrected chi connectivity index (χ2v) is 7.38. The molecule has 0 aliphatic carbocycles. The van der Waals surface area contributed by atoms with E-state index in [9.17, 15) is 4.21 Å². The van der Waals surface area contributed by atoms with E-state index in [4.69, 9.17) is 16.0 Å². The lowest BCUT2D eigenvalue weighted by atomic mass is 10.2. The van der Waals surface area contributed by atoms with Crippen LogP contribution in [0, 0.1) is 6.92 Å². The van der Waals surface area contributed by atoms with Crippen LogP contribution in [0.25, 0.3) is 11.3 Å². The molecule has 0 N–H and O–H groups in total. The first kappa shape index (κ1) is 16.2. The van der Waals surface area contributed by atoms with Crippen LogP contribution in [0.15, 0.2) is 56.2 Å². The molecule has 3 aromatic rings. The van der Waals surface area contributed by atoms with Crippen LogP contribution in [0.2, 0.25) is 5.02 Å². The Morgan fingerprint density at radius 3 is 2.61 bits per heavy atom. The number of aryl methyl sites for hydroxylation is 1. The van der Waals surface area contributed by atoms with Crippen molar-refractivity contribution in [1.82, 2.24) is 15.0 Å². The van der Waals surface area contributed by atoms with Gasteiger partial charge in [0.1, 0.15) is 15.7 Å². The Bertz CT molecular complexity index is 848. The van der Waals surface area contributed by atoms with Crippen molar-refractivity contribution in [2.24, 2.45) is 0 Å². The fourth-order valence-corrected chi connectivity index (χ4v) is 3.29. The van der Waals surface area contributed by atoms with E-state index in [0.29, 0.717) is 26.7 Å². The summed E-state index contributed by atoms with van der Waals surface area (Å²) in [5.41, 5.74) is 1.48. The molecule has 0 spiro atoms. The summed E-state index contributed by atoms with van der Waals surface area (Å²) in [6.45, 7) is 1.78. The molecule has 1 unspecified atom stereocenters. The van der Waals surface area contributed by atoms with Gasteiger partial charge in [0.15, 0.2) is 11.0 Å². The van der Waals surface area contributed by atoms with Gasteiger partial charge in [0.2, 0.25) is 0 Å². The fraction of sp³-hybridized carbons (Fsp3) is 0.133. The Morgan fingerprint density at radius 1 is 1.17 bits per heavy atom. The van der Waals surface area contributed by atoms with Crippen LogP contribution in [0.1, 0.15) is 5.89 Å². The zero-order valence-electron chi connectivity index (χ0n) is 12.3. The van der Waals surface area contributed by atoms with E-state index in [1.165, 1.54) is 11.8 Å². The van der Waals surface area contributed by atoms with Crippen LogP contribution in [-0.2, 0) is 10.8 Å². The van der Waals surface area contributed by atoms with Gasteiger partial charge in [-0.3, -0.25) is 4.21 Å². The maximum absolute atomic E-state index is 11.4. The highest BCUT2D eigenvalue weighted by atomic mass is 35.5. The maximum atomic E-state index is 11.4. The van der Waals surface area contributed by atoms with Crippen molar-refractivity contribution >= 4 is 34.2 Å². The quantitative estimate of drug-likeness (QED) is 0.696. The Labute approximate surface area is 145 Å². The number of aromatic nitrogens is 3. The highest BCUT2D eigenvalue weighted by Crippen LogP contribution is 2.35. The largest absolute Gasteiger partial charge is 0.434 e. The summed E-state index contributed by atoms with van der Waals surface area (Å²) in [5.74, 6) is 0.555. The number of nitrogens with zero attached hydrogens (tertiary/aromatic N) is 3. The minimum absolute atomic E-state index is 0.530. The molecule has 0 fully saturated rings. The van der Waals surface area contributed by atoms with Crippen LogP contribution in [0.5, 0.6) is 0 Å². The highest BCUT2D eigenvalue weighted by Gasteiger charge is 2.16. The predicted molar refractivity (Wildman–Crippen MR) is 90.2 cm³/mol. The molecule has 0 saturated heterocycles. The van der Waals surface area contributed by atoms with Gasteiger partial charge in [-0.25, -0.2) is 15.0 Å². The van der Waals surface area contributed by atoms with Gasteiger partial charge in [0.25, 0.3) is 0 Å². The van der Waals surface area contributed by atoms with Crippen LogP contribution < -0.4 is 0 Å². The average Bonchev–Trinajstić information content (AvgIpc) is 2.90. The van der Waals surface area contributed by atoms with Crippen LogP contribution in [-0.4, -0.2) is 25.4 Å². The lowest BCUT2D eigenvalue weighted by molar-refractivity contribution is 0.442. The number of halogens is 1. The van der Waals surface area contributed by atoms with Gasteiger partial charge in [-0.1, -0.05) is 11.6 Å². The summed E-state index contributed by atoms with van der Waals surface area (Å²) in [5, 5.41) is 2.49. The molecule has 0 bridgehead atoms. The van der Waals surface area contributed by atoms with E-state index in [1.807, 2.05) is 12.1 Å². The molecule has 3 rings (SSSR count). The smallest absolute Gasteiger partial charge is 0.195 e. The van der Waals surface area contributed by atoms with Crippen molar-refractivity contribution in [2.45, 2.75) is 22.1 Å². The predicted octanol–water partition coefficient (Wildman–Crippen LogP) is 3.98. The molecule has 0 aliphatic rings. The molecule has 0 amide bonds. The topological polar surface area (TPSA) is 68.9 Å². The lowest BCUT2D eigenvalue weighted by Crippen LogP contribution is -1.92. The molecule has 0 aromatic carbocycles. The van der Waals surface area contributed by atoms with Gasteiger partial charge in [-0.05, 0) is 36.0 Å². The van der Waals surface area contributed by atoms with Gasteiger partial charge in [0.05, 0.1) is 15.8 Å². The summed E-state index contributed by atoms with van der Waals surface area (Å²) >= 11 is 7.21. The summed E-state index contributed by atoms with van der Waals surface area (Å²) < 4.78 is 17.1. The Hall–Kier alpha value is -1.70. The van der Waals surface area contributed by atoms with Crippen LogP contribution >= 0.6 is 23.4 Å². The molecule has 8 heteroatoms. The van der Waals surface area contributed by atoms with Gasteiger partial charge in [0, 0.05) is 31.1 Å². The maximum Gasteiger partial charge on any atom is 0.195 e. The number of pyridine rings is 2. The second kappa shape index (κ2) is 6.82. The number of rotatable bonds is 4. The highest BCUT2D eigenvalue weighted by molar-refractivity contribution is 7.99. The van der Waals surface area contributed by atoms with E-state index in [0.717, 1.165) is 10.6 Å². The van der Waals surface area contributed by atoms with E-state index in [-0.39, 0.29) is 0 Å². The fourth-order valence-electron chi connectivity index (χ4n) is 1.87. The molecule has 0 radical (unpaired) electrons. The molecular formula is C15H12ClN3O2S2. The van der Waals surface area contributed by atoms with Crippen molar-refractivity contribution in [3.8, 4) is 11.3 Å². The first-order valence-corrected chi connectivity index (χ1v) is 9.35. The standard InChI is InChI=1S/C15H12ClN3O2S2/c1-9-19-14(10-3-6-13(18-7-10)23(2)20)15(21-9)22-12-5-4-11(16)8-17-12/h3-8H,1-2H3. The Morgan fingerprint density at radius 2 is 2.00 bits per heavy atom. The summed E-state index contributed by atoms with van der Waals surface area (Å²) in [6, 6.07) is 7.15. The third-order valence-electron chi connectivity index (χ3n) is 2.90. The minimum Gasteiger partial charge on any atom is -0.434 e. The van der Waals surface area contributed by atoms with Gasteiger partial charge in [-0.15, -0.1) is 0 Å². The van der Waals surface area contributed by atoms with Crippen LogP contribution in [0.3, 0.4) is 0 Å². The average molecular weight is 366 g/mol. The molecule has 23 heavy (non-hydrogen) atoms. The van der Waals surface area contributed by atoms with Gasteiger partial charge >= 0.3 is 0 Å². The van der Waals surface area contributed by atoms with Crippen LogP contribution in [0.4, 0.5) is 0 Å². The molecule has 3 aromatic heterocycles. The van der Waals surface area contributed by atoms with Crippen molar-refractivity contribution in [2.75, 3.05) is 6.26 Å². The normalized spacial score (nSPS) is 12.3. The summed E-state index contributed by atoms with van der Waals surface area (Å²) in [4.78, 5) is 12.9. The third-order valence-corrected chi connectivity index (χ3v) is 4.87. The van der Waals surface area contributed by atoms with Crippen molar-refractivity contribution in [3.63, 3.8) is 0 Å². The van der Waals surface area contributed by atoms with Crippen molar-refractivity contribution in [3.05, 3.63) is 47.6 Å². The number of hydrogen-bond acceptors (Lipinski definition) is 6. The van der Waals surface area contributed by atoms with E-state index < -0.39 is 10.8 Å². The number of oxazole rings is 1. The Kier molecular flexibility index (Phi) is 4.79. The number of hydrogen-bond donors (Lipinski definition) is 0. The SMILES string of the molecule is Cc1nc(-c2ccc(S(C)=O)nc2)c(Sc2ccc(Cl)cn2)o1. The molecule has 5 nitrogen and oxygen atoms in total. The minimum atomic E-state index is -1.11. The van der Waals surface area contributed by atoms with E-state index >= 15 is 0 Å². The zero-order chi connectivity index (χ0) is 16.4. The second-order valence-electron chi connectivity index (χ2n) is 4.62. The van der Waals surface area contributed by atoms with E-state index in [2.05, 4.69) is 15.0 Å². The first-order chi connectivity index (χ1) is 11.0. The third kappa shape index (κ3) is 3.80. The summed E-state index contributed by atoms with van der Waals surface area (Å²) in [6.07, 6.45) is 4.82. The first-order valence-electron chi connectivity index (χ1n) is 6.59.